The maximum atomic E-state index is 12.2. The summed E-state index contributed by atoms with van der Waals surface area (Å²) >= 11 is 5.75. The summed E-state index contributed by atoms with van der Waals surface area (Å²) in [5, 5.41) is 3.88. The van der Waals surface area contributed by atoms with Gasteiger partial charge in [-0.15, -0.1) is 0 Å². The predicted molar refractivity (Wildman–Crippen MR) is 98.1 cm³/mol. The van der Waals surface area contributed by atoms with Gasteiger partial charge >= 0.3 is 5.97 Å². The molecule has 3 rings (SSSR count). The molecule has 3 aromatic rings. The monoisotopic (exact) mass is 372 g/mol. The third-order valence-corrected chi connectivity index (χ3v) is 4.03. The van der Waals surface area contributed by atoms with Crippen molar-refractivity contribution < 1.29 is 18.7 Å². The predicted octanol–water partition coefficient (Wildman–Crippen LogP) is 3.90. The molecular formula is C19H17ClN2O4. The molecule has 0 aliphatic carbocycles. The standard InChI is InChI=1S/C19H17ClN2O4/c1-11-3-5-15-13(10-25-16(15)7-11)8-18(23)26-12(2)19(24)22-17-6-4-14(20)9-21-17/h3-7,9-10,12H,8H2,1-2H3,(H,21,22,24)/t12-/m1/s1. The summed E-state index contributed by atoms with van der Waals surface area (Å²) in [5.74, 6) is -0.653. The molecular weight excluding hydrogens is 356 g/mol. The Hall–Kier alpha value is -2.86. The summed E-state index contributed by atoms with van der Waals surface area (Å²) < 4.78 is 10.7. The van der Waals surface area contributed by atoms with Gasteiger partial charge in [0.2, 0.25) is 0 Å². The van der Waals surface area contributed by atoms with E-state index in [1.807, 2.05) is 25.1 Å². The largest absolute Gasteiger partial charge is 0.464 e. The lowest BCUT2D eigenvalue weighted by atomic mass is 10.1. The zero-order valence-corrected chi connectivity index (χ0v) is 15.0. The van der Waals surface area contributed by atoms with Crippen LogP contribution in [0.1, 0.15) is 18.1 Å². The van der Waals surface area contributed by atoms with E-state index in [1.54, 1.807) is 12.1 Å². The van der Waals surface area contributed by atoms with E-state index in [0.29, 0.717) is 16.4 Å². The summed E-state index contributed by atoms with van der Waals surface area (Å²) in [7, 11) is 0. The van der Waals surface area contributed by atoms with Gasteiger partial charge in [-0.25, -0.2) is 4.98 Å². The van der Waals surface area contributed by atoms with E-state index in [9.17, 15) is 9.59 Å². The highest BCUT2D eigenvalue weighted by atomic mass is 35.5. The number of carbonyl (C=O) groups excluding carboxylic acids is 2. The van der Waals surface area contributed by atoms with Crippen molar-refractivity contribution >= 4 is 40.3 Å². The third kappa shape index (κ3) is 4.21. The zero-order valence-electron chi connectivity index (χ0n) is 14.3. The number of aromatic nitrogens is 1. The fourth-order valence-electron chi connectivity index (χ4n) is 2.45. The van der Waals surface area contributed by atoms with Crippen molar-refractivity contribution in [3.8, 4) is 0 Å². The Kier molecular flexibility index (Phi) is 5.23. The minimum atomic E-state index is -0.958. The fraction of sp³-hybridized carbons (Fsp3) is 0.211. The van der Waals surface area contributed by atoms with Gasteiger partial charge in [-0.1, -0.05) is 23.7 Å². The maximum absolute atomic E-state index is 12.2. The van der Waals surface area contributed by atoms with Crippen LogP contribution >= 0.6 is 11.6 Å². The van der Waals surface area contributed by atoms with Crippen LogP contribution in [0.4, 0.5) is 5.82 Å². The number of aryl methyl sites for hydroxylation is 1. The van der Waals surface area contributed by atoms with E-state index in [-0.39, 0.29) is 6.42 Å². The van der Waals surface area contributed by atoms with E-state index in [0.717, 1.165) is 16.5 Å². The van der Waals surface area contributed by atoms with Gasteiger partial charge in [-0.3, -0.25) is 9.59 Å². The van der Waals surface area contributed by atoms with E-state index in [1.165, 1.54) is 19.4 Å². The first-order valence-corrected chi connectivity index (χ1v) is 8.39. The summed E-state index contributed by atoms with van der Waals surface area (Å²) in [6.45, 7) is 3.46. The zero-order chi connectivity index (χ0) is 18.7. The molecule has 2 heterocycles. The van der Waals surface area contributed by atoms with E-state index in [4.69, 9.17) is 20.8 Å². The second-order valence-corrected chi connectivity index (χ2v) is 6.36. The first-order chi connectivity index (χ1) is 12.4. The van der Waals surface area contributed by atoms with Gasteiger partial charge in [0, 0.05) is 17.1 Å². The molecule has 1 amide bonds. The number of amides is 1. The molecule has 0 saturated carbocycles. The van der Waals surface area contributed by atoms with Crippen molar-refractivity contribution in [2.75, 3.05) is 5.32 Å². The van der Waals surface area contributed by atoms with Gasteiger partial charge in [-0.2, -0.15) is 0 Å². The fourth-order valence-corrected chi connectivity index (χ4v) is 2.56. The number of rotatable bonds is 5. The Morgan fingerprint density at radius 2 is 2.12 bits per heavy atom. The highest BCUT2D eigenvalue weighted by Gasteiger charge is 2.20. The van der Waals surface area contributed by atoms with Gasteiger partial charge < -0.3 is 14.5 Å². The summed E-state index contributed by atoms with van der Waals surface area (Å²) in [6.07, 6.45) is 2.01. The SMILES string of the molecule is Cc1ccc2c(CC(=O)O[C@H](C)C(=O)Nc3ccc(Cl)cn3)coc2c1. The molecule has 0 aliphatic heterocycles. The topological polar surface area (TPSA) is 81.4 Å². The summed E-state index contributed by atoms with van der Waals surface area (Å²) in [4.78, 5) is 28.2. The quantitative estimate of drug-likeness (QED) is 0.687. The third-order valence-electron chi connectivity index (χ3n) is 3.80. The number of esters is 1. The Morgan fingerprint density at radius 1 is 1.31 bits per heavy atom. The number of nitrogens with one attached hydrogen (secondary N) is 1. The molecule has 26 heavy (non-hydrogen) atoms. The molecule has 2 aromatic heterocycles. The Bertz CT molecular complexity index is 950. The molecule has 0 aliphatic rings. The molecule has 0 spiro atoms. The van der Waals surface area contributed by atoms with Crippen LogP contribution in [0.15, 0.2) is 47.2 Å². The number of pyridine rings is 1. The van der Waals surface area contributed by atoms with E-state index < -0.39 is 18.0 Å². The molecule has 0 bridgehead atoms. The molecule has 0 fully saturated rings. The van der Waals surface area contributed by atoms with Crippen LogP contribution in [0, 0.1) is 6.92 Å². The van der Waals surface area contributed by atoms with Crippen LogP contribution in [0.3, 0.4) is 0 Å². The smallest absolute Gasteiger partial charge is 0.311 e. The number of anilines is 1. The second-order valence-electron chi connectivity index (χ2n) is 5.92. The first-order valence-electron chi connectivity index (χ1n) is 8.01. The van der Waals surface area contributed by atoms with Gasteiger partial charge in [0.05, 0.1) is 17.7 Å². The van der Waals surface area contributed by atoms with Crippen LogP contribution in [-0.4, -0.2) is 23.0 Å². The normalized spacial score (nSPS) is 12.0. The van der Waals surface area contributed by atoms with Crippen LogP contribution in [-0.2, 0) is 20.7 Å². The van der Waals surface area contributed by atoms with E-state index in [2.05, 4.69) is 10.3 Å². The number of carbonyl (C=O) groups is 2. The van der Waals surface area contributed by atoms with E-state index >= 15 is 0 Å². The number of fused-ring (bicyclic) bond motifs is 1. The van der Waals surface area contributed by atoms with Crippen molar-refractivity contribution in [1.29, 1.82) is 0 Å². The number of hydrogen-bond donors (Lipinski definition) is 1. The maximum Gasteiger partial charge on any atom is 0.311 e. The average Bonchev–Trinajstić information content (AvgIpc) is 2.98. The minimum absolute atomic E-state index is 0.0207. The lowest BCUT2D eigenvalue weighted by molar-refractivity contribution is -0.152. The highest BCUT2D eigenvalue weighted by Crippen LogP contribution is 2.23. The first kappa shape index (κ1) is 17.9. The van der Waals surface area contributed by atoms with Gasteiger partial charge in [0.1, 0.15) is 11.4 Å². The molecule has 6 nitrogen and oxygen atoms in total. The van der Waals surface area contributed by atoms with Crippen molar-refractivity contribution in [2.45, 2.75) is 26.4 Å². The van der Waals surface area contributed by atoms with Gasteiger partial charge in [0.15, 0.2) is 6.10 Å². The molecule has 7 heteroatoms. The number of halogens is 1. The number of hydrogen-bond acceptors (Lipinski definition) is 5. The molecule has 0 unspecified atom stereocenters. The van der Waals surface area contributed by atoms with Crippen LogP contribution in [0.2, 0.25) is 5.02 Å². The lowest BCUT2D eigenvalue weighted by Gasteiger charge is -2.13. The summed E-state index contributed by atoms with van der Waals surface area (Å²) in [6, 6.07) is 8.92. The molecule has 1 aromatic carbocycles. The lowest BCUT2D eigenvalue weighted by Crippen LogP contribution is -2.30. The Balaban J connectivity index is 1.59. The Morgan fingerprint density at radius 3 is 2.85 bits per heavy atom. The molecule has 134 valence electrons. The van der Waals surface area contributed by atoms with Crippen molar-refractivity contribution in [2.24, 2.45) is 0 Å². The van der Waals surface area contributed by atoms with Crippen molar-refractivity contribution in [3.63, 3.8) is 0 Å². The molecule has 1 N–H and O–H groups in total. The van der Waals surface area contributed by atoms with Crippen LogP contribution < -0.4 is 5.32 Å². The highest BCUT2D eigenvalue weighted by molar-refractivity contribution is 6.30. The average molecular weight is 373 g/mol. The van der Waals surface area contributed by atoms with Crippen LogP contribution in [0.5, 0.6) is 0 Å². The molecule has 1 atom stereocenters. The van der Waals surface area contributed by atoms with Gasteiger partial charge in [0.25, 0.3) is 5.91 Å². The van der Waals surface area contributed by atoms with Crippen LogP contribution in [0.25, 0.3) is 11.0 Å². The second kappa shape index (κ2) is 7.58. The molecule has 0 saturated heterocycles. The number of nitrogens with zero attached hydrogens (tertiary/aromatic N) is 1. The van der Waals surface area contributed by atoms with Crippen molar-refractivity contribution in [3.05, 3.63) is 58.9 Å². The molecule has 0 radical (unpaired) electrons. The summed E-state index contributed by atoms with van der Waals surface area (Å²) in [5.41, 5.74) is 2.51. The number of furan rings is 1. The van der Waals surface area contributed by atoms with Gasteiger partial charge in [-0.05, 0) is 37.6 Å². The van der Waals surface area contributed by atoms with Crippen molar-refractivity contribution in [1.82, 2.24) is 4.98 Å². The number of ether oxygens (including phenoxy) is 1. The Labute approximate surface area is 155 Å². The number of benzene rings is 1. The minimum Gasteiger partial charge on any atom is -0.464 e.